The van der Waals surface area contributed by atoms with Crippen molar-refractivity contribution in [3.8, 4) is 5.75 Å². The summed E-state index contributed by atoms with van der Waals surface area (Å²) in [6, 6.07) is 5.89. The summed E-state index contributed by atoms with van der Waals surface area (Å²) in [5.74, 6) is -1.44. The van der Waals surface area contributed by atoms with Crippen molar-refractivity contribution in [2.45, 2.75) is 17.2 Å². The monoisotopic (exact) mass is 395 g/mol. The normalized spacial score (nSPS) is 16.2. The third-order valence-corrected chi connectivity index (χ3v) is 4.69. The van der Waals surface area contributed by atoms with Crippen LogP contribution < -0.4 is 4.74 Å². The maximum absolute atomic E-state index is 12.9. The Bertz CT molecular complexity index is 977. The predicted octanol–water partition coefficient (Wildman–Crippen LogP) is 4.25. The first-order chi connectivity index (χ1) is 11.9. The van der Waals surface area contributed by atoms with Crippen LogP contribution in [0.3, 0.4) is 0 Å². The number of alkyl halides is 6. The molecule has 0 saturated heterocycles. The highest BCUT2D eigenvalue weighted by Crippen LogP contribution is 2.38. The summed E-state index contributed by atoms with van der Waals surface area (Å²) in [6.45, 7) is 0. The largest absolute Gasteiger partial charge is 0.438 e. The summed E-state index contributed by atoms with van der Waals surface area (Å²) in [7, 11) is -4.13. The van der Waals surface area contributed by atoms with Crippen molar-refractivity contribution in [3.05, 3.63) is 59.2 Å². The Labute approximate surface area is 142 Å². The SMILES string of the molecule is O=S1(=O)N=C(Oc2cc(C(F)(F)F)cc(C(F)(F)F)c2)c2ccccc21. The zero-order valence-corrected chi connectivity index (χ0v) is 13.2. The second kappa shape index (κ2) is 5.73. The quantitative estimate of drug-likeness (QED) is 0.679. The van der Waals surface area contributed by atoms with Crippen LogP contribution in [-0.4, -0.2) is 14.3 Å². The Morgan fingerprint density at radius 3 is 1.92 bits per heavy atom. The molecule has 0 aromatic heterocycles. The van der Waals surface area contributed by atoms with Gasteiger partial charge in [-0.05, 0) is 30.3 Å². The smallest absolute Gasteiger partial charge is 0.416 e. The van der Waals surface area contributed by atoms with Crippen molar-refractivity contribution in [1.29, 1.82) is 0 Å². The van der Waals surface area contributed by atoms with Crippen molar-refractivity contribution >= 4 is 15.9 Å². The molecule has 0 N–H and O–H groups in total. The molecule has 1 heterocycles. The lowest BCUT2D eigenvalue weighted by atomic mass is 10.1. The molecule has 0 amide bonds. The molecule has 0 fully saturated rings. The van der Waals surface area contributed by atoms with Gasteiger partial charge in [-0.25, -0.2) is 0 Å². The van der Waals surface area contributed by atoms with E-state index in [0.717, 1.165) is 0 Å². The second-order valence-electron chi connectivity index (χ2n) is 5.21. The number of rotatable bonds is 1. The topological polar surface area (TPSA) is 55.7 Å². The van der Waals surface area contributed by atoms with Crippen LogP contribution in [-0.2, 0) is 22.4 Å². The lowest BCUT2D eigenvalue weighted by Gasteiger charge is -2.14. The molecule has 0 unspecified atom stereocenters. The zero-order chi connectivity index (χ0) is 19.3. The van der Waals surface area contributed by atoms with Gasteiger partial charge in [-0.3, -0.25) is 0 Å². The van der Waals surface area contributed by atoms with E-state index in [0.29, 0.717) is 12.1 Å². The number of sulfonamides is 1. The molecule has 2 aromatic carbocycles. The third kappa shape index (κ3) is 3.39. The molecule has 0 bridgehead atoms. The van der Waals surface area contributed by atoms with Crippen molar-refractivity contribution in [1.82, 2.24) is 0 Å². The van der Waals surface area contributed by atoms with Gasteiger partial charge < -0.3 is 4.74 Å². The Kier molecular flexibility index (Phi) is 4.02. The van der Waals surface area contributed by atoms with Crippen LogP contribution in [0.4, 0.5) is 26.3 Å². The molecule has 0 saturated carbocycles. The summed E-state index contributed by atoms with van der Waals surface area (Å²) < 4.78 is 109. The van der Waals surface area contributed by atoms with Gasteiger partial charge in [0.2, 0.25) is 5.90 Å². The van der Waals surface area contributed by atoms with Crippen LogP contribution in [0.1, 0.15) is 16.7 Å². The summed E-state index contributed by atoms with van der Waals surface area (Å²) >= 11 is 0. The number of ether oxygens (including phenoxy) is 1. The minimum atomic E-state index is -5.05. The van der Waals surface area contributed by atoms with Gasteiger partial charge in [0.25, 0.3) is 10.0 Å². The van der Waals surface area contributed by atoms with E-state index in [1.54, 1.807) is 0 Å². The van der Waals surface area contributed by atoms with Gasteiger partial charge >= 0.3 is 12.4 Å². The fourth-order valence-electron chi connectivity index (χ4n) is 2.25. The Balaban J connectivity index is 2.09. The standard InChI is InChI=1S/C15H7F6NO3S/c16-14(17,18)8-5-9(15(19,20)21)7-10(6-8)25-13-11-3-1-2-4-12(11)26(23,24)22-13/h1-7H. The molecule has 0 spiro atoms. The van der Waals surface area contributed by atoms with E-state index in [4.69, 9.17) is 4.74 Å². The number of hydrogen-bond acceptors (Lipinski definition) is 3. The molecule has 11 heteroatoms. The van der Waals surface area contributed by atoms with Crippen LogP contribution >= 0.6 is 0 Å². The van der Waals surface area contributed by atoms with Crippen LogP contribution in [0.5, 0.6) is 5.75 Å². The van der Waals surface area contributed by atoms with Gasteiger partial charge in [-0.1, -0.05) is 12.1 Å². The number of hydrogen-bond donors (Lipinski definition) is 0. The van der Waals surface area contributed by atoms with E-state index in [1.807, 2.05) is 0 Å². The van der Waals surface area contributed by atoms with Crippen molar-refractivity contribution in [3.63, 3.8) is 0 Å². The molecule has 0 atom stereocenters. The Morgan fingerprint density at radius 1 is 0.846 bits per heavy atom. The Hall–Kier alpha value is -2.56. The van der Waals surface area contributed by atoms with E-state index >= 15 is 0 Å². The fourth-order valence-corrected chi connectivity index (χ4v) is 3.38. The van der Waals surface area contributed by atoms with E-state index in [2.05, 4.69) is 4.40 Å². The first-order valence-corrected chi connectivity index (χ1v) is 8.24. The Morgan fingerprint density at radius 2 is 1.38 bits per heavy atom. The van der Waals surface area contributed by atoms with Gasteiger partial charge in [-0.15, -0.1) is 4.40 Å². The molecule has 2 aromatic rings. The fraction of sp³-hybridized carbons (Fsp3) is 0.133. The first kappa shape index (κ1) is 18.2. The summed E-state index contributed by atoms with van der Waals surface area (Å²) in [5.41, 5.74) is -3.23. The first-order valence-electron chi connectivity index (χ1n) is 6.80. The zero-order valence-electron chi connectivity index (χ0n) is 12.4. The number of benzene rings is 2. The number of fused-ring (bicyclic) bond motifs is 1. The summed E-state index contributed by atoms with van der Waals surface area (Å²) in [4.78, 5) is -0.252. The average molecular weight is 395 g/mol. The van der Waals surface area contributed by atoms with Gasteiger partial charge in [0.1, 0.15) is 10.6 Å². The maximum Gasteiger partial charge on any atom is 0.416 e. The summed E-state index contributed by atoms with van der Waals surface area (Å²) in [5, 5.41) is 0. The van der Waals surface area contributed by atoms with Crippen LogP contribution in [0.15, 0.2) is 51.8 Å². The highest BCUT2D eigenvalue weighted by molar-refractivity contribution is 7.90. The molecule has 138 valence electrons. The molecule has 3 rings (SSSR count). The molecule has 4 nitrogen and oxygen atoms in total. The van der Waals surface area contributed by atoms with E-state index in [-0.39, 0.29) is 16.5 Å². The summed E-state index contributed by atoms with van der Waals surface area (Å²) in [6.07, 6.45) is -10.1. The lowest BCUT2D eigenvalue weighted by Crippen LogP contribution is -2.13. The van der Waals surface area contributed by atoms with Crippen molar-refractivity contribution in [2.75, 3.05) is 0 Å². The van der Waals surface area contributed by atoms with E-state index < -0.39 is 45.2 Å². The van der Waals surface area contributed by atoms with Gasteiger partial charge in [0.15, 0.2) is 0 Å². The minimum Gasteiger partial charge on any atom is -0.438 e. The highest BCUT2D eigenvalue weighted by Gasteiger charge is 2.38. The van der Waals surface area contributed by atoms with Gasteiger partial charge in [-0.2, -0.15) is 34.8 Å². The molecular formula is C15H7F6NO3S. The minimum absolute atomic E-state index is 0.0570. The molecule has 1 aliphatic rings. The number of nitrogens with zero attached hydrogens (tertiary/aromatic N) is 1. The second-order valence-corrected chi connectivity index (χ2v) is 6.78. The van der Waals surface area contributed by atoms with Crippen molar-refractivity contribution in [2.24, 2.45) is 4.40 Å². The van der Waals surface area contributed by atoms with Crippen LogP contribution in [0.2, 0.25) is 0 Å². The molecule has 0 aliphatic carbocycles. The van der Waals surface area contributed by atoms with Crippen LogP contribution in [0.25, 0.3) is 0 Å². The highest BCUT2D eigenvalue weighted by atomic mass is 32.2. The maximum atomic E-state index is 12.9. The van der Waals surface area contributed by atoms with E-state index in [9.17, 15) is 34.8 Å². The average Bonchev–Trinajstić information content (AvgIpc) is 2.77. The predicted molar refractivity (Wildman–Crippen MR) is 77.2 cm³/mol. The third-order valence-electron chi connectivity index (χ3n) is 3.37. The van der Waals surface area contributed by atoms with Crippen molar-refractivity contribution < 1.29 is 39.5 Å². The molecule has 26 heavy (non-hydrogen) atoms. The van der Waals surface area contributed by atoms with E-state index in [1.165, 1.54) is 24.3 Å². The van der Waals surface area contributed by atoms with Gasteiger partial charge in [0.05, 0.1) is 16.7 Å². The van der Waals surface area contributed by atoms with Crippen LogP contribution in [0, 0.1) is 0 Å². The lowest BCUT2D eigenvalue weighted by molar-refractivity contribution is -0.143. The number of halogens is 6. The molecule has 0 radical (unpaired) electrons. The molecular weight excluding hydrogens is 388 g/mol. The van der Waals surface area contributed by atoms with Gasteiger partial charge in [0, 0.05) is 0 Å². The molecule has 1 aliphatic heterocycles.